The van der Waals surface area contributed by atoms with E-state index in [0.717, 1.165) is 12.8 Å². The minimum atomic E-state index is -3.74. The summed E-state index contributed by atoms with van der Waals surface area (Å²) in [6, 6.07) is 6.81. The van der Waals surface area contributed by atoms with Gasteiger partial charge < -0.3 is 14.2 Å². The lowest BCUT2D eigenvalue weighted by molar-refractivity contribution is -0.121. The Labute approximate surface area is 136 Å². The first-order valence-corrected chi connectivity index (χ1v) is 9.06. The highest BCUT2D eigenvalue weighted by molar-refractivity contribution is 7.90. The van der Waals surface area contributed by atoms with E-state index in [4.69, 9.17) is 14.2 Å². The third kappa shape index (κ3) is 5.72. The molecule has 0 unspecified atom stereocenters. The van der Waals surface area contributed by atoms with Crippen molar-refractivity contribution < 1.29 is 27.4 Å². The average Bonchev–Trinajstić information content (AvgIpc) is 2.53. The van der Waals surface area contributed by atoms with E-state index in [-0.39, 0.29) is 11.9 Å². The zero-order valence-electron chi connectivity index (χ0n) is 13.0. The largest absolute Gasteiger partial charge is 0.493 e. The van der Waals surface area contributed by atoms with Crippen molar-refractivity contribution in [2.24, 2.45) is 0 Å². The first-order chi connectivity index (χ1) is 11.0. The van der Waals surface area contributed by atoms with Crippen LogP contribution in [0, 0.1) is 0 Å². The summed E-state index contributed by atoms with van der Waals surface area (Å²) in [5, 5.41) is 0. The highest BCUT2D eigenvalue weighted by Gasteiger charge is 2.23. The number of carbonyl (C=O) groups excluding carboxylic acids is 1. The van der Waals surface area contributed by atoms with Crippen LogP contribution >= 0.6 is 0 Å². The van der Waals surface area contributed by atoms with Crippen molar-refractivity contribution in [3.63, 3.8) is 0 Å². The summed E-state index contributed by atoms with van der Waals surface area (Å²) in [6.45, 7) is 0.149. The van der Waals surface area contributed by atoms with Crippen LogP contribution < -0.4 is 14.2 Å². The third-order valence-electron chi connectivity index (χ3n) is 3.38. The van der Waals surface area contributed by atoms with E-state index in [2.05, 4.69) is 0 Å². The summed E-state index contributed by atoms with van der Waals surface area (Å²) < 4.78 is 41.7. The van der Waals surface area contributed by atoms with Crippen molar-refractivity contribution >= 4 is 15.9 Å². The number of rotatable bonds is 7. The molecule has 0 bridgehead atoms. The predicted octanol–water partition coefficient (Wildman–Crippen LogP) is 1.09. The van der Waals surface area contributed by atoms with Gasteiger partial charge in [-0.05, 0) is 31.4 Å². The van der Waals surface area contributed by atoms with Crippen molar-refractivity contribution in [1.82, 2.24) is 4.72 Å². The van der Waals surface area contributed by atoms with Crippen molar-refractivity contribution in [2.75, 3.05) is 26.1 Å². The minimum Gasteiger partial charge on any atom is -0.493 e. The van der Waals surface area contributed by atoms with E-state index in [9.17, 15) is 13.2 Å². The quantitative estimate of drug-likeness (QED) is 0.797. The van der Waals surface area contributed by atoms with Gasteiger partial charge >= 0.3 is 0 Å². The van der Waals surface area contributed by atoms with Crippen LogP contribution in [0.15, 0.2) is 24.3 Å². The summed E-state index contributed by atoms with van der Waals surface area (Å²) in [6.07, 6.45) is 2.21. The highest BCUT2D eigenvalue weighted by atomic mass is 32.2. The van der Waals surface area contributed by atoms with Gasteiger partial charge in [0.1, 0.15) is 0 Å². The molecule has 1 amide bonds. The van der Waals surface area contributed by atoms with Gasteiger partial charge in [-0.3, -0.25) is 9.52 Å². The molecule has 1 aliphatic heterocycles. The zero-order valence-corrected chi connectivity index (χ0v) is 13.8. The van der Waals surface area contributed by atoms with Gasteiger partial charge in [-0.15, -0.1) is 0 Å². The van der Waals surface area contributed by atoms with Gasteiger partial charge in [-0.2, -0.15) is 0 Å². The second kappa shape index (κ2) is 8.16. The number of amides is 1. The number of carbonyl (C=O) groups is 1. The number of ether oxygens (including phenoxy) is 3. The number of para-hydroxylation sites is 2. The van der Waals surface area contributed by atoms with Crippen molar-refractivity contribution in [3.8, 4) is 11.5 Å². The molecule has 0 spiro atoms. The molecule has 1 aromatic rings. The number of sulfonamides is 1. The Morgan fingerprint density at radius 2 is 2.04 bits per heavy atom. The molecule has 1 N–H and O–H groups in total. The number of benzene rings is 1. The fourth-order valence-corrected chi connectivity index (χ4v) is 3.55. The van der Waals surface area contributed by atoms with Gasteiger partial charge in [0, 0.05) is 6.61 Å². The van der Waals surface area contributed by atoms with Gasteiger partial charge in [0.25, 0.3) is 5.91 Å². The van der Waals surface area contributed by atoms with Crippen LogP contribution in [0.2, 0.25) is 0 Å². The van der Waals surface area contributed by atoms with Crippen LogP contribution in [0.5, 0.6) is 11.5 Å². The van der Waals surface area contributed by atoms with Crippen LogP contribution in [0.1, 0.15) is 19.3 Å². The molecule has 1 saturated heterocycles. The summed E-state index contributed by atoms with van der Waals surface area (Å²) in [7, 11) is -2.25. The van der Waals surface area contributed by atoms with E-state index in [1.54, 1.807) is 24.3 Å². The summed E-state index contributed by atoms with van der Waals surface area (Å²) in [5.74, 6) is -0.100. The number of hydrogen-bond acceptors (Lipinski definition) is 6. The Morgan fingerprint density at radius 3 is 2.70 bits per heavy atom. The summed E-state index contributed by atoms with van der Waals surface area (Å²) in [5.41, 5.74) is 0. The van der Waals surface area contributed by atoms with E-state index >= 15 is 0 Å². The molecule has 1 atom stereocenters. The standard InChI is InChI=1S/C15H21NO6S/c1-20-13-7-2-3-8-14(13)22-10-15(17)16-23(18,19)11-12-6-4-5-9-21-12/h2-3,7-8,12H,4-6,9-11H2,1H3,(H,16,17)/t12-/m1/s1. The number of methoxy groups -OCH3 is 1. The Bertz CT molecular complexity index is 625. The maximum absolute atomic E-state index is 12.0. The predicted molar refractivity (Wildman–Crippen MR) is 84.0 cm³/mol. The van der Waals surface area contributed by atoms with Gasteiger partial charge in [0.05, 0.1) is 19.0 Å². The Balaban J connectivity index is 1.83. The Kier molecular flexibility index (Phi) is 6.23. The second-order valence-electron chi connectivity index (χ2n) is 5.23. The van der Waals surface area contributed by atoms with Gasteiger partial charge in [0.15, 0.2) is 18.1 Å². The Morgan fingerprint density at radius 1 is 1.30 bits per heavy atom. The average molecular weight is 343 g/mol. The molecule has 1 aromatic carbocycles. The molecule has 7 nitrogen and oxygen atoms in total. The molecule has 0 aliphatic carbocycles. The molecule has 0 aromatic heterocycles. The lowest BCUT2D eigenvalue weighted by Gasteiger charge is -2.22. The van der Waals surface area contributed by atoms with Gasteiger partial charge in [-0.1, -0.05) is 12.1 Å². The summed E-state index contributed by atoms with van der Waals surface area (Å²) in [4.78, 5) is 11.8. The first-order valence-electron chi connectivity index (χ1n) is 7.41. The fourth-order valence-electron chi connectivity index (χ4n) is 2.31. The van der Waals surface area contributed by atoms with Crippen molar-refractivity contribution in [1.29, 1.82) is 0 Å². The van der Waals surface area contributed by atoms with E-state index in [1.165, 1.54) is 7.11 Å². The van der Waals surface area contributed by atoms with Gasteiger partial charge in [-0.25, -0.2) is 8.42 Å². The lowest BCUT2D eigenvalue weighted by atomic mass is 10.1. The topological polar surface area (TPSA) is 90.9 Å². The number of hydrogen-bond donors (Lipinski definition) is 1. The van der Waals surface area contributed by atoms with E-state index in [0.29, 0.717) is 24.5 Å². The van der Waals surface area contributed by atoms with E-state index < -0.39 is 22.5 Å². The van der Waals surface area contributed by atoms with Crippen LogP contribution in [0.3, 0.4) is 0 Å². The van der Waals surface area contributed by atoms with Crippen LogP contribution in [0.4, 0.5) is 0 Å². The van der Waals surface area contributed by atoms with Crippen molar-refractivity contribution in [2.45, 2.75) is 25.4 Å². The molecular formula is C15H21NO6S. The van der Waals surface area contributed by atoms with Crippen LogP contribution in [0.25, 0.3) is 0 Å². The maximum Gasteiger partial charge on any atom is 0.271 e. The zero-order chi connectivity index (χ0) is 16.7. The monoisotopic (exact) mass is 343 g/mol. The minimum absolute atomic E-state index is 0.215. The molecule has 1 aliphatic rings. The molecule has 2 rings (SSSR count). The molecule has 1 heterocycles. The second-order valence-corrected chi connectivity index (χ2v) is 7.00. The maximum atomic E-state index is 12.0. The van der Waals surface area contributed by atoms with Crippen molar-refractivity contribution in [3.05, 3.63) is 24.3 Å². The Hall–Kier alpha value is -1.80. The first kappa shape index (κ1) is 17.6. The SMILES string of the molecule is COc1ccccc1OCC(=O)NS(=O)(=O)C[C@H]1CCCCO1. The lowest BCUT2D eigenvalue weighted by Crippen LogP contribution is -2.40. The molecule has 128 valence electrons. The molecule has 0 saturated carbocycles. The van der Waals surface area contributed by atoms with Crippen LogP contribution in [-0.4, -0.2) is 46.5 Å². The highest BCUT2D eigenvalue weighted by Crippen LogP contribution is 2.25. The number of nitrogens with one attached hydrogen (secondary N) is 1. The molecule has 8 heteroatoms. The van der Waals surface area contributed by atoms with E-state index in [1.807, 2.05) is 4.72 Å². The molecule has 0 radical (unpaired) electrons. The fraction of sp³-hybridized carbons (Fsp3) is 0.533. The smallest absolute Gasteiger partial charge is 0.271 e. The molecule has 1 fully saturated rings. The van der Waals surface area contributed by atoms with Crippen LogP contribution in [-0.2, 0) is 19.6 Å². The van der Waals surface area contributed by atoms with Gasteiger partial charge in [0.2, 0.25) is 10.0 Å². The summed E-state index contributed by atoms with van der Waals surface area (Å²) >= 11 is 0. The third-order valence-corrected chi connectivity index (χ3v) is 4.73. The molecule has 23 heavy (non-hydrogen) atoms. The molecular weight excluding hydrogens is 322 g/mol. The normalized spacial score (nSPS) is 18.2.